The third-order valence-electron chi connectivity index (χ3n) is 6.44. The summed E-state index contributed by atoms with van der Waals surface area (Å²) < 4.78 is 0. The maximum Gasteiger partial charge on any atom is 0.298 e. The number of aliphatic imine (C=N–C) groups is 1. The molecule has 2 heterocycles. The molecule has 2 N–H and O–H groups in total. The zero-order chi connectivity index (χ0) is 23.3. The van der Waals surface area contributed by atoms with E-state index in [4.69, 9.17) is 0 Å². The summed E-state index contributed by atoms with van der Waals surface area (Å²) in [5, 5.41) is 6.49. The summed E-state index contributed by atoms with van der Waals surface area (Å²) in [4.78, 5) is 32.8. The molecule has 0 spiro atoms. The number of nitrogens with zero attached hydrogens (tertiary/aromatic N) is 2. The Bertz CT molecular complexity index is 1150. The highest BCUT2D eigenvalue weighted by Crippen LogP contribution is 2.26. The number of nitrogens with one attached hydrogen (secondary N) is 2. The first-order chi connectivity index (χ1) is 16.7. The Labute approximate surface area is 199 Å². The molecule has 1 atom stereocenters. The fourth-order valence-corrected chi connectivity index (χ4v) is 4.72. The van der Waals surface area contributed by atoms with E-state index >= 15 is 0 Å². The first-order valence-corrected chi connectivity index (χ1v) is 11.8. The topological polar surface area (TPSA) is 75.5 Å². The molecule has 6 nitrogen and oxygen atoms in total. The van der Waals surface area contributed by atoms with E-state index in [-0.39, 0.29) is 17.9 Å². The molecule has 5 rings (SSSR count). The second kappa shape index (κ2) is 9.91. The van der Waals surface area contributed by atoms with Gasteiger partial charge in [0.1, 0.15) is 6.04 Å². The minimum atomic E-state index is -0.446. The maximum absolute atomic E-state index is 13.4. The molecule has 3 aromatic rings. The van der Waals surface area contributed by atoms with Crippen LogP contribution >= 0.6 is 0 Å². The summed E-state index contributed by atoms with van der Waals surface area (Å²) in [5.41, 5.74) is 3.90. The maximum atomic E-state index is 13.4. The lowest BCUT2D eigenvalue weighted by atomic mass is 9.98. The van der Waals surface area contributed by atoms with Crippen molar-refractivity contribution in [2.75, 3.05) is 11.9 Å². The summed E-state index contributed by atoms with van der Waals surface area (Å²) in [6.45, 7) is 0.610. The molecular formula is C28H28N4O2+. The lowest BCUT2D eigenvalue weighted by Crippen LogP contribution is -2.47. The van der Waals surface area contributed by atoms with Gasteiger partial charge in [-0.05, 0) is 41.1 Å². The van der Waals surface area contributed by atoms with Crippen molar-refractivity contribution in [1.29, 1.82) is 0 Å². The van der Waals surface area contributed by atoms with Crippen LogP contribution in [-0.4, -0.2) is 35.1 Å². The number of amides is 2. The third kappa shape index (κ3) is 4.71. The fourth-order valence-electron chi connectivity index (χ4n) is 4.72. The number of rotatable bonds is 7. The van der Waals surface area contributed by atoms with Crippen LogP contribution < -0.4 is 15.6 Å². The average Bonchev–Trinajstić information content (AvgIpc) is 3.54. The number of amidine groups is 1. The van der Waals surface area contributed by atoms with Crippen molar-refractivity contribution < 1.29 is 9.59 Å². The Kier molecular flexibility index (Phi) is 6.38. The summed E-state index contributed by atoms with van der Waals surface area (Å²) in [6.07, 6.45) is 2.35. The summed E-state index contributed by atoms with van der Waals surface area (Å²) in [6, 6.07) is 27.0. The zero-order valence-corrected chi connectivity index (χ0v) is 19.0. The van der Waals surface area contributed by atoms with Crippen molar-refractivity contribution in [3.8, 4) is 0 Å². The van der Waals surface area contributed by atoms with Crippen molar-refractivity contribution in [1.82, 2.24) is 15.2 Å². The van der Waals surface area contributed by atoms with Gasteiger partial charge in [0, 0.05) is 13.0 Å². The molecule has 0 aliphatic carbocycles. The molecule has 2 amide bonds. The Morgan fingerprint density at radius 1 is 0.941 bits per heavy atom. The lowest BCUT2D eigenvalue weighted by molar-refractivity contribution is -0.138. The fraction of sp³-hybridized carbons (Fsp3) is 0.250. The van der Waals surface area contributed by atoms with Crippen LogP contribution in [0.5, 0.6) is 0 Å². The van der Waals surface area contributed by atoms with E-state index in [0.29, 0.717) is 25.8 Å². The summed E-state index contributed by atoms with van der Waals surface area (Å²) in [5.74, 6) is 0.685. The average molecular weight is 453 g/mol. The number of likely N-dealkylation sites (tertiary alicyclic amines) is 1. The predicted octanol–water partition coefficient (Wildman–Crippen LogP) is 4.15. The van der Waals surface area contributed by atoms with Gasteiger partial charge in [0.15, 0.2) is 5.69 Å². The Balaban J connectivity index is 1.24. The SMILES string of the molecule is O=C(NC(c1ccccc1)c1ccccc1)[C@@H]1CCCN1C(=O)CCC1=[N+]c2ccccc2N1. The standard InChI is InChI=1S/C28H28N4O2/c33-26(18-17-25-29-22-14-7-8-15-23(22)30-25)32-19-9-16-24(32)28(34)31-27(20-10-3-1-4-11-20)21-12-5-2-6-13-21/h1-8,10-15,24,27,29H,9,16-19H2,(H,31,34)/q+1/t24-/m0/s1. The molecule has 2 aliphatic heterocycles. The van der Waals surface area contributed by atoms with Crippen LogP contribution in [0.25, 0.3) is 0 Å². The largest absolute Gasteiger partial charge is 0.343 e. The van der Waals surface area contributed by atoms with Crippen molar-refractivity contribution in [3.05, 3.63) is 96.1 Å². The molecule has 34 heavy (non-hydrogen) atoms. The number of fused-ring (bicyclic) bond motifs is 1. The van der Waals surface area contributed by atoms with Gasteiger partial charge in [-0.15, -0.1) is 0 Å². The normalized spacial score (nSPS) is 16.7. The molecule has 0 bridgehead atoms. The van der Waals surface area contributed by atoms with Crippen LogP contribution in [0, 0.1) is 0 Å². The second-order valence-electron chi connectivity index (χ2n) is 8.71. The van der Waals surface area contributed by atoms with Gasteiger partial charge in [-0.1, -0.05) is 72.8 Å². The molecule has 6 heteroatoms. The van der Waals surface area contributed by atoms with Gasteiger partial charge in [-0.3, -0.25) is 9.59 Å². The minimum absolute atomic E-state index is 0.00548. The smallest absolute Gasteiger partial charge is 0.298 e. The molecular weight excluding hydrogens is 424 g/mol. The van der Waals surface area contributed by atoms with Crippen LogP contribution in [0.15, 0.2) is 84.9 Å². The van der Waals surface area contributed by atoms with Crippen molar-refractivity contribution in [2.24, 2.45) is 0 Å². The second-order valence-corrected chi connectivity index (χ2v) is 8.71. The highest BCUT2D eigenvalue weighted by atomic mass is 16.2. The Morgan fingerprint density at radius 2 is 1.59 bits per heavy atom. The number of hydrogen-bond acceptors (Lipinski definition) is 4. The first-order valence-electron chi connectivity index (χ1n) is 11.8. The number of carbonyl (C=O) groups is 2. The van der Waals surface area contributed by atoms with Gasteiger partial charge in [0.05, 0.1) is 12.5 Å². The molecule has 1 saturated heterocycles. The third-order valence-corrected chi connectivity index (χ3v) is 6.44. The molecule has 0 saturated carbocycles. The van der Waals surface area contributed by atoms with Gasteiger partial charge in [0.2, 0.25) is 17.5 Å². The van der Waals surface area contributed by atoms with Crippen LogP contribution in [0.4, 0.5) is 11.4 Å². The van der Waals surface area contributed by atoms with Crippen molar-refractivity contribution in [2.45, 2.75) is 37.8 Å². The highest BCUT2D eigenvalue weighted by molar-refractivity contribution is 6.04. The predicted molar refractivity (Wildman–Crippen MR) is 134 cm³/mol. The number of hydrogen-bond donors (Lipinski definition) is 2. The van der Waals surface area contributed by atoms with E-state index in [2.05, 4.69) is 15.6 Å². The molecule has 0 unspecified atom stereocenters. The molecule has 171 valence electrons. The van der Waals surface area contributed by atoms with Crippen LogP contribution in [0.1, 0.15) is 42.9 Å². The Morgan fingerprint density at radius 3 is 2.26 bits per heavy atom. The van der Waals surface area contributed by atoms with Crippen LogP contribution in [-0.2, 0) is 9.59 Å². The lowest BCUT2D eigenvalue weighted by Gasteiger charge is -2.27. The number of anilines is 1. The van der Waals surface area contributed by atoms with Gasteiger partial charge in [-0.2, -0.15) is 0 Å². The minimum Gasteiger partial charge on any atom is -0.343 e. The molecule has 1 radical (unpaired) electrons. The monoisotopic (exact) mass is 452 g/mol. The number of para-hydroxylation sites is 2. The van der Waals surface area contributed by atoms with Gasteiger partial charge >= 0.3 is 0 Å². The Hall–Kier alpha value is -3.93. The van der Waals surface area contributed by atoms with E-state index in [9.17, 15) is 9.59 Å². The van der Waals surface area contributed by atoms with Crippen molar-refractivity contribution >= 4 is 29.0 Å². The zero-order valence-electron chi connectivity index (χ0n) is 19.0. The van der Waals surface area contributed by atoms with Gasteiger partial charge in [-0.25, -0.2) is 5.32 Å². The summed E-state index contributed by atoms with van der Waals surface area (Å²) in [7, 11) is 0. The van der Waals surface area contributed by atoms with E-state index < -0.39 is 6.04 Å². The first kappa shape index (κ1) is 21.9. The van der Waals surface area contributed by atoms with Crippen molar-refractivity contribution in [3.63, 3.8) is 0 Å². The molecule has 2 aliphatic rings. The molecule has 1 fully saturated rings. The highest BCUT2D eigenvalue weighted by Gasteiger charge is 2.36. The van der Waals surface area contributed by atoms with Gasteiger partial charge in [0.25, 0.3) is 5.84 Å². The van der Waals surface area contributed by atoms with E-state index in [1.807, 2.05) is 84.9 Å². The van der Waals surface area contributed by atoms with Crippen LogP contribution in [0.3, 0.4) is 0 Å². The number of carbonyl (C=O) groups excluding carboxylic acids is 2. The van der Waals surface area contributed by atoms with E-state index in [1.165, 1.54) is 0 Å². The summed E-state index contributed by atoms with van der Waals surface area (Å²) >= 11 is 0. The van der Waals surface area contributed by atoms with E-state index in [1.54, 1.807) is 4.90 Å². The van der Waals surface area contributed by atoms with E-state index in [0.717, 1.165) is 34.8 Å². The number of benzene rings is 3. The van der Waals surface area contributed by atoms with Gasteiger partial charge < -0.3 is 10.2 Å². The molecule has 3 aromatic carbocycles. The molecule has 0 aromatic heterocycles. The quantitative estimate of drug-likeness (QED) is 0.565. The van der Waals surface area contributed by atoms with Crippen LogP contribution in [0.2, 0.25) is 0 Å².